The Hall–Kier alpha value is -2.79. The lowest BCUT2D eigenvalue weighted by atomic mass is 9.90. The molecule has 1 aromatic rings. The molecule has 1 fully saturated rings. The van der Waals surface area contributed by atoms with Crippen LogP contribution in [0.2, 0.25) is 0 Å². The number of carbonyl (C=O) groups is 2. The van der Waals surface area contributed by atoms with E-state index < -0.39 is 11.6 Å². The quantitative estimate of drug-likeness (QED) is 0.701. The van der Waals surface area contributed by atoms with Gasteiger partial charge in [-0.25, -0.2) is 0 Å². The maximum atomic E-state index is 12.8. The van der Waals surface area contributed by atoms with E-state index in [1.165, 1.54) is 0 Å². The number of benzene rings is 1. The van der Waals surface area contributed by atoms with Crippen LogP contribution in [0.5, 0.6) is 11.5 Å². The Morgan fingerprint density at radius 1 is 1.31 bits per heavy atom. The van der Waals surface area contributed by atoms with Gasteiger partial charge in [-0.05, 0) is 25.0 Å². The summed E-state index contributed by atoms with van der Waals surface area (Å²) in [7, 11) is 0. The van der Waals surface area contributed by atoms with Crippen LogP contribution in [0.25, 0.3) is 0 Å². The number of nitrogens with one attached hydrogen (secondary N) is 2. The predicted molar refractivity (Wildman–Crippen MR) is 105 cm³/mol. The fourth-order valence-corrected chi connectivity index (χ4v) is 3.43. The van der Waals surface area contributed by atoms with Crippen LogP contribution in [0.4, 0.5) is 0 Å². The third-order valence-electron chi connectivity index (χ3n) is 5.76. The molecule has 8 nitrogen and oxygen atoms in total. The second kappa shape index (κ2) is 8.70. The van der Waals surface area contributed by atoms with Crippen LogP contribution in [0.1, 0.15) is 20.8 Å². The molecule has 0 radical (unpaired) electrons. The van der Waals surface area contributed by atoms with Crippen LogP contribution in [-0.4, -0.2) is 67.7 Å². The third kappa shape index (κ3) is 4.80. The van der Waals surface area contributed by atoms with Gasteiger partial charge in [-0.15, -0.1) is 0 Å². The van der Waals surface area contributed by atoms with E-state index in [0.29, 0.717) is 44.2 Å². The van der Waals surface area contributed by atoms with Crippen molar-refractivity contribution in [3.05, 3.63) is 24.3 Å². The lowest BCUT2D eigenvalue weighted by Crippen LogP contribution is -3.16. The third-order valence-corrected chi connectivity index (χ3v) is 5.76. The Morgan fingerprint density at radius 3 is 2.59 bits per heavy atom. The molecular weight excluding hydrogens is 372 g/mol. The van der Waals surface area contributed by atoms with E-state index >= 15 is 0 Å². The maximum absolute atomic E-state index is 12.8. The van der Waals surface area contributed by atoms with E-state index in [2.05, 4.69) is 11.4 Å². The number of fused-ring (bicyclic) bond motifs is 1. The van der Waals surface area contributed by atoms with Crippen molar-refractivity contribution < 1.29 is 24.0 Å². The van der Waals surface area contributed by atoms with Crippen LogP contribution in [0, 0.1) is 17.2 Å². The first-order chi connectivity index (χ1) is 13.8. The van der Waals surface area contributed by atoms with Gasteiger partial charge < -0.3 is 24.6 Å². The normalized spacial score (nSPS) is 21.2. The van der Waals surface area contributed by atoms with Gasteiger partial charge in [-0.3, -0.25) is 9.59 Å². The SMILES string of the molecule is CC(C)[C@](C)(C#N)NC(=O)C[NH+]1CCN(C(=O)[C@H]2COc3ccccc3O2)CC1. The predicted octanol–water partition coefficient (Wildman–Crippen LogP) is -0.392. The first-order valence-electron chi connectivity index (χ1n) is 10.1. The zero-order valence-corrected chi connectivity index (χ0v) is 17.2. The van der Waals surface area contributed by atoms with Crippen molar-refractivity contribution in [3.63, 3.8) is 0 Å². The van der Waals surface area contributed by atoms with E-state index in [1.54, 1.807) is 17.9 Å². The Morgan fingerprint density at radius 2 is 1.97 bits per heavy atom. The zero-order chi connectivity index (χ0) is 21.0. The topological polar surface area (TPSA) is 96.1 Å². The maximum Gasteiger partial charge on any atom is 0.276 e. The molecule has 0 spiro atoms. The van der Waals surface area contributed by atoms with Gasteiger partial charge in [0.1, 0.15) is 12.1 Å². The molecule has 0 aromatic heterocycles. The molecule has 8 heteroatoms. The Labute approximate surface area is 171 Å². The monoisotopic (exact) mass is 401 g/mol. The number of hydrogen-bond donors (Lipinski definition) is 2. The molecule has 1 aromatic carbocycles. The highest BCUT2D eigenvalue weighted by Gasteiger charge is 2.35. The van der Waals surface area contributed by atoms with Crippen molar-refractivity contribution in [2.45, 2.75) is 32.4 Å². The van der Waals surface area contributed by atoms with Crippen LogP contribution in [-0.2, 0) is 9.59 Å². The number of quaternary nitrogens is 1. The minimum Gasteiger partial charge on any atom is -0.485 e. The zero-order valence-electron chi connectivity index (χ0n) is 17.2. The summed E-state index contributed by atoms with van der Waals surface area (Å²) < 4.78 is 11.5. The number of nitrogens with zero attached hydrogens (tertiary/aromatic N) is 2. The molecule has 0 saturated carbocycles. The molecular formula is C21H29N4O4+. The fourth-order valence-electron chi connectivity index (χ4n) is 3.43. The van der Waals surface area contributed by atoms with Gasteiger partial charge in [0, 0.05) is 0 Å². The molecule has 2 atom stereocenters. The number of para-hydroxylation sites is 2. The molecule has 2 N–H and O–H groups in total. The molecule has 1 saturated heterocycles. The number of ether oxygens (including phenoxy) is 2. The number of piperazine rings is 1. The van der Waals surface area contributed by atoms with Crippen LogP contribution < -0.4 is 19.7 Å². The Kier molecular flexibility index (Phi) is 6.28. The molecule has 2 aliphatic rings. The van der Waals surface area contributed by atoms with Gasteiger partial charge in [0.2, 0.25) is 6.10 Å². The fraction of sp³-hybridized carbons (Fsp3) is 0.571. The smallest absolute Gasteiger partial charge is 0.276 e. The molecule has 0 bridgehead atoms. The first kappa shape index (κ1) is 20.9. The standard InChI is InChI=1S/C21H28N4O4/c1-15(2)21(3,14-22)23-19(26)12-24-8-10-25(11-9-24)20(27)18-13-28-16-6-4-5-7-17(16)29-18/h4-7,15,18H,8-13H2,1-3H3,(H,23,26)/p+1/t18-,21+/m1/s1. The summed E-state index contributed by atoms with van der Waals surface area (Å²) in [5, 5.41) is 12.2. The highest BCUT2D eigenvalue weighted by molar-refractivity contribution is 5.82. The Balaban J connectivity index is 1.48. The van der Waals surface area contributed by atoms with Crippen molar-refractivity contribution in [2.24, 2.45) is 5.92 Å². The summed E-state index contributed by atoms with van der Waals surface area (Å²) in [6.45, 7) is 8.53. The molecule has 0 unspecified atom stereocenters. The van der Waals surface area contributed by atoms with E-state index in [9.17, 15) is 14.9 Å². The van der Waals surface area contributed by atoms with E-state index in [1.807, 2.05) is 32.0 Å². The van der Waals surface area contributed by atoms with E-state index in [-0.39, 0.29) is 24.3 Å². The minimum absolute atomic E-state index is 0.0174. The average Bonchev–Trinajstić information content (AvgIpc) is 2.73. The summed E-state index contributed by atoms with van der Waals surface area (Å²) in [6, 6.07) is 9.51. The van der Waals surface area contributed by atoms with E-state index in [4.69, 9.17) is 9.47 Å². The van der Waals surface area contributed by atoms with Gasteiger partial charge in [-0.2, -0.15) is 5.26 Å². The van der Waals surface area contributed by atoms with Crippen molar-refractivity contribution in [1.29, 1.82) is 5.26 Å². The molecule has 29 heavy (non-hydrogen) atoms. The first-order valence-corrected chi connectivity index (χ1v) is 10.1. The van der Waals surface area contributed by atoms with Crippen molar-refractivity contribution in [2.75, 3.05) is 39.3 Å². The highest BCUT2D eigenvalue weighted by atomic mass is 16.6. The van der Waals surface area contributed by atoms with E-state index in [0.717, 1.165) is 4.90 Å². The number of hydrogen-bond acceptors (Lipinski definition) is 5. The highest BCUT2D eigenvalue weighted by Crippen LogP contribution is 2.31. The second-order valence-electron chi connectivity index (χ2n) is 8.13. The Bertz CT molecular complexity index is 798. The number of rotatable bonds is 5. The lowest BCUT2D eigenvalue weighted by molar-refractivity contribution is -0.896. The average molecular weight is 401 g/mol. The summed E-state index contributed by atoms with van der Waals surface area (Å²) in [4.78, 5) is 28.0. The van der Waals surface area contributed by atoms with Gasteiger partial charge in [0.25, 0.3) is 11.8 Å². The lowest BCUT2D eigenvalue weighted by Gasteiger charge is -2.35. The van der Waals surface area contributed by atoms with Gasteiger partial charge in [0.15, 0.2) is 18.0 Å². The summed E-state index contributed by atoms with van der Waals surface area (Å²) in [5.41, 5.74) is -0.872. The number of nitriles is 1. The molecule has 3 rings (SSSR count). The largest absolute Gasteiger partial charge is 0.485 e. The molecule has 0 aliphatic carbocycles. The summed E-state index contributed by atoms with van der Waals surface area (Å²) >= 11 is 0. The van der Waals surface area contributed by atoms with Crippen molar-refractivity contribution >= 4 is 11.8 Å². The van der Waals surface area contributed by atoms with Crippen LogP contribution in [0.3, 0.4) is 0 Å². The molecule has 156 valence electrons. The minimum atomic E-state index is -0.872. The van der Waals surface area contributed by atoms with Crippen LogP contribution >= 0.6 is 0 Å². The van der Waals surface area contributed by atoms with Crippen molar-refractivity contribution in [1.82, 2.24) is 10.2 Å². The van der Waals surface area contributed by atoms with Gasteiger partial charge >= 0.3 is 0 Å². The second-order valence-corrected chi connectivity index (χ2v) is 8.13. The number of carbonyl (C=O) groups excluding carboxylic acids is 2. The van der Waals surface area contributed by atoms with Gasteiger partial charge in [-0.1, -0.05) is 26.0 Å². The van der Waals surface area contributed by atoms with Gasteiger partial charge in [0.05, 0.1) is 32.2 Å². The molecule has 2 amide bonds. The molecule has 2 heterocycles. The van der Waals surface area contributed by atoms with Crippen molar-refractivity contribution in [3.8, 4) is 17.6 Å². The summed E-state index contributed by atoms with van der Waals surface area (Å²) in [5.74, 6) is 1.04. The number of amides is 2. The van der Waals surface area contributed by atoms with Crippen LogP contribution in [0.15, 0.2) is 24.3 Å². The summed E-state index contributed by atoms with van der Waals surface area (Å²) in [6.07, 6.45) is -0.642. The molecule has 2 aliphatic heterocycles.